The van der Waals surface area contributed by atoms with Gasteiger partial charge >= 0.3 is 0 Å². The van der Waals surface area contributed by atoms with Crippen LogP contribution in [0.15, 0.2) is 42.5 Å². The fourth-order valence-electron chi connectivity index (χ4n) is 3.26. The Morgan fingerprint density at radius 1 is 1.07 bits per heavy atom. The zero-order valence-electron chi connectivity index (χ0n) is 15.0. The first-order valence-corrected chi connectivity index (χ1v) is 9.95. The molecule has 1 heterocycles. The summed E-state index contributed by atoms with van der Waals surface area (Å²) in [6.45, 7) is 4.32. The van der Waals surface area contributed by atoms with Crippen molar-refractivity contribution in [2.24, 2.45) is 0 Å². The van der Waals surface area contributed by atoms with Gasteiger partial charge in [0.05, 0.1) is 16.8 Å². The van der Waals surface area contributed by atoms with Gasteiger partial charge < -0.3 is 14.5 Å². The largest absolute Gasteiger partial charge is 0.372 e. The quantitative estimate of drug-likeness (QED) is 0.667. The van der Waals surface area contributed by atoms with Gasteiger partial charge in [0, 0.05) is 36.3 Å². The molecule has 1 amide bonds. The molecule has 27 heavy (non-hydrogen) atoms. The van der Waals surface area contributed by atoms with Crippen LogP contribution in [-0.4, -0.2) is 43.7 Å². The SMILES string of the molecule is CCOCC(=O)N1CCN(c2ccc(Cl)cc2Cl)[C@H](c2ccc(Cl)cc2)C1. The summed E-state index contributed by atoms with van der Waals surface area (Å²) in [6.07, 6.45) is 0. The van der Waals surface area contributed by atoms with E-state index in [1.54, 1.807) is 6.07 Å². The number of benzene rings is 2. The molecule has 0 spiro atoms. The number of anilines is 1. The minimum Gasteiger partial charge on any atom is -0.372 e. The van der Waals surface area contributed by atoms with E-state index in [1.807, 2.05) is 48.2 Å². The lowest BCUT2D eigenvalue weighted by atomic mass is 10.0. The van der Waals surface area contributed by atoms with E-state index >= 15 is 0 Å². The Bertz CT molecular complexity index is 798. The smallest absolute Gasteiger partial charge is 0.248 e. The maximum Gasteiger partial charge on any atom is 0.248 e. The zero-order valence-corrected chi connectivity index (χ0v) is 17.3. The van der Waals surface area contributed by atoms with E-state index in [0.717, 1.165) is 11.3 Å². The van der Waals surface area contributed by atoms with Gasteiger partial charge in [0.1, 0.15) is 6.61 Å². The molecule has 0 radical (unpaired) electrons. The summed E-state index contributed by atoms with van der Waals surface area (Å²) < 4.78 is 5.29. The molecular weight excluding hydrogens is 407 g/mol. The molecule has 1 saturated heterocycles. The fourth-order valence-corrected chi connectivity index (χ4v) is 3.91. The Morgan fingerprint density at radius 3 is 2.44 bits per heavy atom. The highest BCUT2D eigenvalue weighted by atomic mass is 35.5. The summed E-state index contributed by atoms with van der Waals surface area (Å²) in [7, 11) is 0. The third-order valence-corrected chi connectivity index (χ3v) is 5.43. The lowest BCUT2D eigenvalue weighted by Crippen LogP contribution is -2.51. The number of nitrogens with zero attached hydrogens (tertiary/aromatic N) is 2. The molecular formula is C20H21Cl3N2O2. The molecule has 0 N–H and O–H groups in total. The first kappa shape index (κ1) is 20.3. The van der Waals surface area contributed by atoms with Crippen molar-refractivity contribution in [1.82, 2.24) is 4.90 Å². The number of carbonyl (C=O) groups is 1. The van der Waals surface area contributed by atoms with Crippen LogP contribution < -0.4 is 4.90 Å². The summed E-state index contributed by atoms with van der Waals surface area (Å²) in [5, 5.41) is 1.86. The Hall–Kier alpha value is -1.46. The first-order valence-electron chi connectivity index (χ1n) is 8.82. The average Bonchev–Trinajstić information content (AvgIpc) is 2.66. The fraction of sp³-hybridized carbons (Fsp3) is 0.350. The van der Waals surface area contributed by atoms with Crippen LogP contribution in [0, 0.1) is 0 Å². The van der Waals surface area contributed by atoms with Crippen molar-refractivity contribution in [2.75, 3.05) is 37.7 Å². The highest BCUT2D eigenvalue weighted by molar-refractivity contribution is 6.36. The van der Waals surface area contributed by atoms with E-state index in [0.29, 0.717) is 41.3 Å². The van der Waals surface area contributed by atoms with Gasteiger partial charge in [0.2, 0.25) is 5.91 Å². The van der Waals surface area contributed by atoms with E-state index in [-0.39, 0.29) is 18.6 Å². The molecule has 7 heteroatoms. The molecule has 4 nitrogen and oxygen atoms in total. The number of piperazine rings is 1. The van der Waals surface area contributed by atoms with Crippen LogP contribution >= 0.6 is 34.8 Å². The van der Waals surface area contributed by atoms with Crippen molar-refractivity contribution in [1.29, 1.82) is 0 Å². The third kappa shape index (κ3) is 4.88. The second kappa shape index (κ2) is 9.16. The summed E-state index contributed by atoms with van der Waals surface area (Å²) in [5.41, 5.74) is 1.97. The predicted octanol–water partition coefficient (Wildman–Crippen LogP) is 5.07. The van der Waals surface area contributed by atoms with Crippen molar-refractivity contribution in [3.05, 3.63) is 63.1 Å². The normalized spacial score (nSPS) is 17.3. The number of halogens is 3. The van der Waals surface area contributed by atoms with Crippen molar-refractivity contribution < 1.29 is 9.53 Å². The molecule has 0 unspecified atom stereocenters. The Kier molecular flexibility index (Phi) is 6.88. The van der Waals surface area contributed by atoms with Gasteiger partial charge in [-0.1, -0.05) is 46.9 Å². The topological polar surface area (TPSA) is 32.8 Å². The van der Waals surface area contributed by atoms with Gasteiger partial charge in [0.25, 0.3) is 0 Å². The predicted molar refractivity (Wildman–Crippen MR) is 111 cm³/mol. The zero-order chi connectivity index (χ0) is 19.4. The Morgan fingerprint density at radius 2 is 1.78 bits per heavy atom. The third-order valence-electron chi connectivity index (χ3n) is 4.64. The number of hydrogen-bond acceptors (Lipinski definition) is 3. The van der Waals surface area contributed by atoms with Gasteiger partial charge in [0.15, 0.2) is 0 Å². The van der Waals surface area contributed by atoms with Gasteiger partial charge in [-0.25, -0.2) is 0 Å². The molecule has 144 valence electrons. The first-order chi connectivity index (χ1) is 13.0. The average molecular weight is 428 g/mol. The monoisotopic (exact) mass is 426 g/mol. The molecule has 1 fully saturated rings. The molecule has 1 atom stereocenters. The van der Waals surface area contributed by atoms with E-state index in [9.17, 15) is 4.79 Å². The van der Waals surface area contributed by atoms with Gasteiger partial charge in [-0.3, -0.25) is 4.79 Å². The number of carbonyl (C=O) groups excluding carboxylic acids is 1. The highest BCUT2D eigenvalue weighted by Gasteiger charge is 2.31. The standard InChI is InChI=1S/C20H21Cl3N2O2/c1-2-27-13-20(26)24-9-10-25(18-8-7-16(22)11-17(18)23)19(12-24)14-3-5-15(21)6-4-14/h3-8,11,19H,2,9-10,12-13H2,1H3/t19-/m0/s1. The number of ether oxygens (including phenoxy) is 1. The number of hydrogen-bond donors (Lipinski definition) is 0. The maximum atomic E-state index is 12.5. The van der Waals surface area contributed by atoms with Crippen molar-refractivity contribution in [3.63, 3.8) is 0 Å². The Balaban J connectivity index is 1.90. The van der Waals surface area contributed by atoms with Gasteiger partial charge in [-0.05, 0) is 42.8 Å². The van der Waals surface area contributed by atoms with Crippen LogP contribution in [0.2, 0.25) is 15.1 Å². The van der Waals surface area contributed by atoms with E-state index in [1.165, 1.54) is 0 Å². The number of rotatable bonds is 5. The Labute approximate surface area is 174 Å². The lowest BCUT2D eigenvalue weighted by molar-refractivity contribution is -0.136. The van der Waals surface area contributed by atoms with Crippen LogP contribution in [0.3, 0.4) is 0 Å². The lowest BCUT2D eigenvalue weighted by Gasteiger charge is -2.43. The van der Waals surface area contributed by atoms with Crippen LogP contribution in [0.25, 0.3) is 0 Å². The molecule has 1 aliphatic heterocycles. The van der Waals surface area contributed by atoms with E-state index < -0.39 is 0 Å². The minimum atomic E-state index is -0.0414. The highest BCUT2D eigenvalue weighted by Crippen LogP contribution is 2.36. The molecule has 0 aliphatic carbocycles. The molecule has 2 aromatic rings. The van der Waals surface area contributed by atoms with Gasteiger partial charge in [-0.15, -0.1) is 0 Å². The summed E-state index contributed by atoms with van der Waals surface area (Å²) in [5.74, 6) is -0.00216. The van der Waals surface area contributed by atoms with Crippen LogP contribution in [-0.2, 0) is 9.53 Å². The summed E-state index contributed by atoms with van der Waals surface area (Å²) >= 11 is 18.6. The minimum absolute atomic E-state index is 0.00216. The van der Waals surface area contributed by atoms with E-state index in [4.69, 9.17) is 39.5 Å². The number of amides is 1. The van der Waals surface area contributed by atoms with E-state index in [2.05, 4.69) is 4.90 Å². The molecule has 2 aromatic carbocycles. The molecule has 1 aliphatic rings. The second-order valence-electron chi connectivity index (χ2n) is 6.33. The van der Waals surface area contributed by atoms with Crippen molar-refractivity contribution >= 4 is 46.4 Å². The van der Waals surface area contributed by atoms with Crippen LogP contribution in [0.5, 0.6) is 0 Å². The summed E-state index contributed by atoms with van der Waals surface area (Å²) in [6, 6.07) is 13.1. The van der Waals surface area contributed by atoms with Gasteiger partial charge in [-0.2, -0.15) is 0 Å². The second-order valence-corrected chi connectivity index (χ2v) is 7.61. The maximum absolute atomic E-state index is 12.5. The summed E-state index contributed by atoms with van der Waals surface area (Å²) in [4.78, 5) is 16.5. The molecule has 0 bridgehead atoms. The molecule has 3 rings (SSSR count). The van der Waals surface area contributed by atoms with Crippen LogP contribution in [0.1, 0.15) is 18.5 Å². The van der Waals surface area contributed by atoms with Crippen molar-refractivity contribution in [2.45, 2.75) is 13.0 Å². The molecule has 0 saturated carbocycles. The van der Waals surface area contributed by atoms with Crippen molar-refractivity contribution in [3.8, 4) is 0 Å². The van der Waals surface area contributed by atoms with Crippen LogP contribution in [0.4, 0.5) is 5.69 Å². The molecule has 0 aromatic heterocycles.